The third-order valence-electron chi connectivity index (χ3n) is 3.04. The largest absolute Gasteiger partial charge is 0.494 e. The van der Waals surface area contributed by atoms with Crippen molar-refractivity contribution in [2.45, 2.75) is 6.54 Å². The van der Waals surface area contributed by atoms with Crippen LogP contribution < -0.4 is 24.3 Å². The first-order chi connectivity index (χ1) is 10.7. The van der Waals surface area contributed by atoms with Crippen molar-refractivity contribution in [3.8, 4) is 23.0 Å². The van der Waals surface area contributed by atoms with Gasteiger partial charge in [0.05, 0.1) is 40.8 Å². The van der Waals surface area contributed by atoms with Crippen LogP contribution in [0.15, 0.2) is 24.5 Å². The van der Waals surface area contributed by atoms with Gasteiger partial charge in [-0.3, -0.25) is 0 Å². The van der Waals surface area contributed by atoms with Gasteiger partial charge in [-0.15, -0.1) is 0 Å². The molecule has 0 aliphatic carbocycles. The fourth-order valence-corrected chi connectivity index (χ4v) is 1.93. The molecule has 0 saturated carbocycles. The van der Waals surface area contributed by atoms with E-state index in [0.717, 1.165) is 5.56 Å². The summed E-state index contributed by atoms with van der Waals surface area (Å²) in [5.41, 5.74) is 0.953. The zero-order valence-electron chi connectivity index (χ0n) is 13.0. The van der Waals surface area contributed by atoms with Crippen molar-refractivity contribution in [1.82, 2.24) is 9.97 Å². The molecule has 0 saturated heterocycles. The third kappa shape index (κ3) is 3.49. The molecule has 1 aromatic carbocycles. The molecule has 0 fully saturated rings. The van der Waals surface area contributed by atoms with Gasteiger partial charge in [0.2, 0.25) is 11.7 Å². The van der Waals surface area contributed by atoms with Crippen LogP contribution in [0.25, 0.3) is 0 Å². The van der Waals surface area contributed by atoms with E-state index in [1.54, 1.807) is 40.8 Å². The smallest absolute Gasteiger partial charge is 0.223 e. The van der Waals surface area contributed by atoms with Crippen LogP contribution in [-0.2, 0) is 6.54 Å². The van der Waals surface area contributed by atoms with E-state index in [4.69, 9.17) is 18.9 Å². The van der Waals surface area contributed by atoms with Gasteiger partial charge in [-0.1, -0.05) is 0 Å². The van der Waals surface area contributed by atoms with Gasteiger partial charge in [-0.05, 0) is 17.7 Å². The Kier molecular flexibility index (Phi) is 5.24. The Morgan fingerprint density at radius 2 is 1.45 bits per heavy atom. The minimum absolute atomic E-state index is 0.509. The van der Waals surface area contributed by atoms with Gasteiger partial charge in [0.15, 0.2) is 17.2 Å². The molecule has 0 atom stereocenters. The molecule has 22 heavy (non-hydrogen) atoms. The first-order valence-electron chi connectivity index (χ1n) is 6.60. The minimum Gasteiger partial charge on any atom is -0.494 e. The number of hydrogen-bond donors (Lipinski definition) is 1. The molecule has 1 aromatic heterocycles. The van der Waals surface area contributed by atoms with Gasteiger partial charge in [0.1, 0.15) is 0 Å². The number of nitrogens with zero attached hydrogens (tertiary/aromatic N) is 2. The quantitative estimate of drug-likeness (QED) is 0.839. The van der Waals surface area contributed by atoms with E-state index in [2.05, 4.69) is 15.3 Å². The SMILES string of the molecule is COc1cnc(NCc2cc(OC)c(OC)c(OC)c2)nc1. The fraction of sp³-hybridized carbons (Fsp3) is 0.333. The van der Waals surface area contributed by atoms with E-state index in [1.807, 2.05) is 12.1 Å². The number of aromatic nitrogens is 2. The monoisotopic (exact) mass is 305 g/mol. The van der Waals surface area contributed by atoms with E-state index >= 15 is 0 Å². The average Bonchev–Trinajstić information content (AvgIpc) is 2.59. The number of nitrogens with one attached hydrogen (secondary N) is 1. The summed E-state index contributed by atoms with van der Waals surface area (Å²) in [4.78, 5) is 8.30. The Balaban J connectivity index is 2.14. The second kappa shape index (κ2) is 7.35. The van der Waals surface area contributed by atoms with E-state index < -0.39 is 0 Å². The zero-order valence-corrected chi connectivity index (χ0v) is 13.0. The van der Waals surface area contributed by atoms with Gasteiger partial charge in [0.25, 0.3) is 0 Å². The molecule has 0 radical (unpaired) electrons. The van der Waals surface area contributed by atoms with Gasteiger partial charge in [-0.2, -0.15) is 0 Å². The molecular formula is C15H19N3O4. The van der Waals surface area contributed by atoms with Crippen LogP contribution in [0.1, 0.15) is 5.56 Å². The molecule has 2 aromatic rings. The standard InChI is InChI=1S/C15H19N3O4/c1-19-11-8-17-15(18-9-11)16-7-10-5-12(20-2)14(22-4)13(6-10)21-3/h5-6,8-9H,7H2,1-4H3,(H,16,17,18). The Hall–Kier alpha value is -2.70. The van der Waals surface area contributed by atoms with Gasteiger partial charge >= 0.3 is 0 Å². The van der Waals surface area contributed by atoms with Gasteiger partial charge < -0.3 is 24.3 Å². The number of methoxy groups -OCH3 is 4. The maximum atomic E-state index is 5.32. The summed E-state index contributed by atoms with van der Waals surface area (Å²) in [6, 6.07) is 3.75. The molecule has 118 valence electrons. The van der Waals surface area contributed by atoms with Crippen LogP contribution in [0, 0.1) is 0 Å². The van der Waals surface area contributed by atoms with Crippen LogP contribution in [0.4, 0.5) is 5.95 Å². The first kappa shape index (κ1) is 15.7. The molecule has 1 heterocycles. The topological polar surface area (TPSA) is 74.7 Å². The second-order valence-corrected chi connectivity index (χ2v) is 4.33. The predicted molar refractivity (Wildman–Crippen MR) is 82.0 cm³/mol. The van der Waals surface area contributed by atoms with Crippen molar-refractivity contribution in [1.29, 1.82) is 0 Å². The molecule has 0 amide bonds. The third-order valence-corrected chi connectivity index (χ3v) is 3.04. The minimum atomic E-state index is 0.509. The lowest BCUT2D eigenvalue weighted by Crippen LogP contribution is -2.05. The molecule has 0 aliphatic heterocycles. The molecule has 0 spiro atoms. The number of benzene rings is 1. The zero-order chi connectivity index (χ0) is 15.9. The highest BCUT2D eigenvalue weighted by molar-refractivity contribution is 5.54. The van der Waals surface area contributed by atoms with E-state index in [-0.39, 0.29) is 0 Å². The van der Waals surface area contributed by atoms with Gasteiger partial charge in [0, 0.05) is 6.54 Å². The molecule has 7 heteroatoms. The van der Waals surface area contributed by atoms with Crippen LogP contribution in [0.3, 0.4) is 0 Å². The van der Waals surface area contributed by atoms with Gasteiger partial charge in [-0.25, -0.2) is 9.97 Å². The summed E-state index contributed by atoms with van der Waals surface area (Å²) >= 11 is 0. The summed E-state index contributed by atoms with van der Waals surface area (Å²) in [7, 11) is 6.31. The summed E-state index contributed by atoms with van der Waals surface area (Å²) in [5, 5.41) is 3.12. The molecule has 0 bridgehead atoms. The maximum Gasteiger partial charge on any atom is 0.223 e. The highest BCUT2D eigenvalue weighted by atomic mass is 16.5. The molecular weight excluding hydrogens is 286 g/mol. The Labute approximate surface area is 129 Å². The normalized spacial score (nSPS) is 10.0. The average molecular weight is 305 g/mol. The van der Waals surface area contributed by atoms with Crippen molar-refractivity contribution < 1.29 is 18.9 Å². The Morgan fingerprint density at radius 1 is 0.864 bits per heavy atom. The van der Waals surface area contributed by atoms with Crippen molar-refractivity contribution in [3.63, 3.8) is 0 Å². The highest BCUT2D eigenvalue weighted by Gasteiger charge is 2.13. The number of ether oxygens (including phenoxy) is 4. The Morgan fingerprint density at radius 3 is 1.91 bits per heavy atom. The maximum absolute atomic E-state index is 5.32. The van der Waals surface area contributed by atoms with Crippen LogP contribution in [0.5, 0.6) is 23.0 Å². The summed E-state index contributed by atoms with van der Waals surface area (Å²) in [6.45, 7) is 0.517. The molecule has 1 N–H and O–H groups in total. The lowest BCUT2D eigenvalue weighted by Gasteiger charge is -2.14. The summed E-state index contributed by atoms with van der Waals surface area (Å²) in [5.74, 6) is 2.89. The van der Waals surface area contributed by atoms with E-state index in [9.17, 15) is 0 Å². The summed E-state index contributed by atoms with van der Waals surface area (Å²) < 4.78 is 21.0. The van der Waals surface area contributed by atoms with Crippen molar-refractivity contribution >= 4 is 5.95 Å². The van der Waals surface area contributed by atoms with Crippen molar-refractivity contribution in [2.24, 2.45) is 0 Å². The number of anilines is 1. The lowest BCUT2D eigenvalue weighted by atomic mass is 10.2. The second-order valence-electron chi connectivity index (χ2n) is 4.33. The number of rotatable bonds is 7. The van der Waals surface area contributed by atoms with E-state index in [0.29, 0.717) is 35.5 Å². The molecule has 2 rings (SSSR count). The van der Waals surface area contributed by atoms with Crippen molar-refractivity contribution in [2.75, 3.05) is 33.8 Å². The van der Waals surface area contributed by atoms with Crippen LogP contribution in [0.2, 0.25) is 0 Å². The lowest BCUT2D eigenvalue weighted by molar-refractivity contribution is 0.324. The first-order valence-corrected chi connectivity index (χ1v) is 6.60. The van der Waals surface area contributed by atoms with E-state index in [1.165, 1.54) is 0 Å². The Bertz CT molecular complexity index is 592. The predicted octanol–water partition coefficient (Wildman–Crippen LogP) is 2.12. The fourth-order valence-electron chi connectivity index (χ4n) is 1.93. The van der Waals surface area contributed by atoms with Crippen LogP contribution in [-0.4, -0.2) is 38.4 Å². The summed E-state index contributed by atoms with van der Waals surface area (Å²) in [6.07, 6.45) is 3.20. The number of hydrogen-bond acceptors (Lipinski definition) is 7. The van der Waals surface area contributed by atoms with Crippen LogP contribution >= 0.6 is 0 Å². The molecule has 0 aliphatic rings. The van der Waals surface area contributed by atoms with Crippen molar-refractivity contribution in [3.05, 3.63) is 30.1 Å². The molecule has 0 unspecified atom stereocenters. The molecule has 7 nitrogen and oxygen atoms in total. The highest BCUT2D eigenvalue weighted by Crippen LogP contribution is 2.38.